The molecule has 0 bridgehead atoms. The van der Waals surface area contributed by atoms with Crippen molar-refractivity contribution in [2.75, 3.05) is 13.7 Å². The largest absolute Gasteiger partial charge is 0.379 e. The lowest BCUT2D eigenvalue weighted by Crippen LogP contribution is -2.34. The fraction of sp³-hybridized carbons (Fsp3) is 0.500. The molecule has 0 radical (unpaired) electrons. The zero-order chi connectivity index (χ0) is 16.9. The number of nitrogens with zero attached hydrogens (tertiary/aromatic N) is 1. The highest BCUT2D eigenvalue weighted by Crippen LogP contribution is 2.33. The molecule has 0 aliphatic heterocycles. The monoisotopic (exact) mass is 329 g/mol. The Hall–Kier alpha value is -2.21. The van der Waals surface area contributed by atoms with Crippen LogP contribution in [-0.4, -0.2) is 35.6 Å². The first-order valence-electron chi connectivity index (χ1n) is 8.45. The van der Waals surface area contributed by atoms with E-state index in [0.29, 0.717) is 48.5 Å². The van der Waals surface area contributed by atoms with E-state index in [2.05, 4.69) is 15.3 Å². The minimum absolute atomic E-state index is 0.0147. The highest BCUT2D eigenvalue weighted by Gasteiger charge is 2.31. The summed E-state index contributed by atoms with van der Waals surface area (Å²) in [7, 11) is 1.69. The van der Waals surface area contributed by atoms with Crippen LogP contribution in [0.3, 0.4) is 0 Å². The predicted octanol–water partition coefficient (Wildman–Crippen LogP) is 1.79. The minimum atomic E-state index is -0.132. The van der Waals surface area contributed by atoms with Gasteiger partial charge in [-0.1, -0.05) is 12.1 Å². The molecule has 0 saturated heterocycles. The molecule has 6 nitrogen and oxygen atoms in total. The molecule has 3 rings (SSSR count). The maximum atomic E-state index is 12.0. The van der Waals surface area contributed by atoms with Gasteiger partial charge in [-0.2, -0.15) is 0 Å². The molecule has 1 aliphatic carbocycles. The number of hydrogen-bond acceptors (Lipinski definition) is 4. The number of hydrogen-bond donors (Lipinski definition) is 2. The van der Waals surface area contributed by atoms with Gasteiger partial charge >= 0.3 is 0 Å². The zero-order valence-corrected chi connectivity index (χ0v) is 13.9. The number of methoxy groups -OCH3 is 1. The van der Waals surface area contributed by atoms with Gasteiger partial charge in [-0.3, -0.25) is 9.59 Å². The Morgan fingerprint density at radius 2 is 2.21 bits per heavy atom. The van der Waals surface area contributed by atoms with Crippen molar-refractivity contribution in [3.63, 3.8) is 0 Å². The van der Waals surface area contributed by atoms with Crippen LogP contribution in [0.25, 0.3) is 10.9 Å². The molecule has 1 aromatic carbocycles. The molecule has 1 amide bonds. The molecule has 1 heterocycles. The second-order valence-electron chi connectivity index (χ2n) is 6.30. The lowest BCUT2D eigenvalue weighted by atomic mass is 10.2. The number of ether oxygens (including phenoxy) is 1. The SMILES string of the molecule is CO[C@H](CNC(=O)CCCc1nc2ccccc2c(=O)[nH]1)C1CC1. The average molecular weight is 329 g/mol. The van der Waals surface area contributed by atoms with E-state index in [1.807, 2.05) is 18.2 Å². The lowest BCUT2D eigenvalue weighted by molar-refractivity contribution is -0.121. The van der Waals surface area contributed by atoms with Crippen molar-refractivity contribution in [1.82, 2.24) is 15.3 Å². The third kappa shape index (κ3) is 4.20. The van der Waals surface area contributed by atoms with Crippen LogP contribution in [0.5, 0.6) is 0 Å². The number of carbonyl (C=O) groups is 1. The Morgan fingerprint density at radius 3 is 2.96 bits per heavy atom. The van der Waals surface area contributed by atoms with Crippen LogP contribution in [0.4, 0.5) is 0 Å². The number of fused-ring (bicyclic) bond motifs is 1. The number of nitrogens with one attached hydrogen (secondary N) is 2. The van der Waals surface area contributed by atoms with Crippen LogP contribution in [0.15, 0.2) is 29.1 Å². The van der Waals surface area contributed by atoms with E-state index in [0.717, 1.165) is 0 Å². The van der Waals surface area contributed by atoms with E-state index < -0.39 is 0 Å². The second kappa shape index (κ2) is 7.57. The maximum Gasteiger partial charge on any atom is 0.258 e. The van der Waals surface area contributed by atoms with E-state index in [1.165, 1.54) is 12.8 Å². The van der Waals surface area contributed by atoms with Gasteiger partial charge in [0.05, 0.1) is 17.0 Å². The normalized spacial score (nSPS) is 15.4. The van der Waals surface area contributed by atoms with Gasteiger partial charge in [0.25, 0.3) is 5.56 Å². The Bertz CT molecular complexity index is 767. The number of carbonyl (C=O) groups excluding carboxylic acids is 1. The molecule has 1 fully saturated rings. The van der Waals surface area contributed by atoms with E-state index in [4.69, 9.17) is 4.74 Å². The molecule has 128 valence electrons. The molecule has 1 aromatic heterocycles. The molecule has 2 N–H and O–H groups in total. The summed E-state index contributed by atoms with van der Waals surface area (Å²) >= 11 is 0. The summed E-state index contributed by atoms with van der Waals surface area (Å²) in [4.78, 5) is 31.1. The predicted molar refractivity (Wildman–Crippen MR) is 91.8 cm³/mol. The van der Waals surface area contributed by atoms with Crippen LogP contribution < -0.4 is 10.9 Å². The molecule has 1 atom stereocenters. The number of amides is 1. The van der Waals surface area contributed by atoms with Crippen molar-refractivity contribution in [3.05, 3.63) is 40.4 Å². The third-order valence-corrected chi connectivity index (χ3v) is 4.43. The highest BCUT2D eigenvalue weighted by molar-refractivity contribution is 5.77. The highest BCUT2D eigenvalue weighted by atomic mass is 16.5. The molecular formula is C18H23N3O3. The molecule has 24 heavy (non-hydrogen) atoms. The van der Waals surface area contributed by atoms with Crippen molar-refractivity contribution < 1.29 is 9.53 Å². The molecule has 2 aromatic rings. The van der Waals surface area contributed by atoms with Gasteiger partial charge in [-0.05, 0) is 37.3 Å². The summed E-state index contributed by atoms with van der Waals surface area (Å²) in [5.74, 6) is 1.24. The van der Waals surface area contributed by atoms with Gasteiger partial charge in [0.1, 0.15) is 5.82 Å². The molecule has 1 aliphatic rings. The molecular weight excluding hydrogens is 306 g/mol. The van der Waals surface area contributed by atoms with Crippen molar-refractivity contribution in [2.24, 2.45) is 5.92 Å². The Labute approximate surface area is 140 Å². The van der Waals surface area contributed by atoms with Gasteiger partial charge in [0, 0.05) is 26.5 Å². The Morgan fingerprint density at radius 1 is 1.42 bits per heavy atom. The lowest BCUT2D eigenvalue weighted by Gasteiger charge is -2.15. The van der Waals surface area contributed by atoms with Crippen molar-refractivity contribution in [1.29, 1.82) is 0 Å². The van der Waals surface area contributed by atoms with Crippen molar-refractivity contribution >= 4 is 16.8 Å². The summed E-state index contributed by atoms with van der Waals surface area (Å²) in [6.07, 6.45) is 4.15. The van der Waals surface area contributed by atoms with E-state index in [9.17, 15) is 9.59 Å². The fourth-order valence-electron chi connectivity index (χ4n) is 2.88. The summed E-state index contributed by atoms with van der Waals surface area (Å²) in [5, 5.41) is 3.51. The Kier molecular flexibility index (Phi) is 5.25. The first kappa shape index (κ1) is 16.6. The first-order chi connectivity index (χ1) is 11.7. The van der Waals surface area contributed by atoms with Crippen molar-refractivity contribution in [2.45, 2.75) is 38.2 Å². The number of aromatic nitrogens is 2. The van der Waals surface area contributed by atoms with Crippen molar-refractivity contribution in [3.8, 4) is 0 Å². The number of aromatic amines is 1. The van der Waals surface area contributed by atoms with Crippen LogP contribution in [0.1, 0.15) is 31.5 Å². The van der Waals surface area contributed by atoms with Gasteiger partial charge in [0.2, 0.25) is 5.91 Å². The maximum absolute atomic E-state index is 12.0. The smallest absolute Gasteiger partial charge is 0.258 e. The van der Waals surface area contributed by atoms with Gasteiger partial charge < -0.3 is 15.0 Å². The molecule has 6 heteroatoms. The number of rotatable bonds is 8. The van der Waals surface area contributed by atoms with Crippen LogP contribution in [0.2, 0.25) is 0 Å². The third-order valence-electron chi connectivity index (χ3n) is 4.43. The van der Waals surface area contributed by atoms with E-state index in [-0.39, 0.29) is 17.6 Å². The molecule has 0 spiro atoms. The van der Waals surface area contributed by atoms with Crippen LogP contribution >= 0.6 is 0 Å². The summed E-state index contributed by atoms with van der Waals surface area (Å²) < 4.78 is 5.39. The zero-order valence-electron chi connectivity index (χ0n) is 13.9. The average Bonchev–Trinajstić information content (AvgIpc) is 3.41. The number of benzene rings is 1. The molecule has 0 unspecified atom stereocenters. The quantitative estimate of drug-likeness (QED) is 0.773. The minimum Gasteiger partial charge on any atom is -0.379 e. The van der Waals surface area contributed by atoms with E-state index >= 15 is 0 Å². The Balaban J connectivity index is 1.47. The number of aryl methyl sites for hydroxylation is 1. The number of para-hydroxylation sites is 1. The fourth-order valence-corrected chi connectivity index (χ4v) is 2.88. The second-order valence-corrected chi connectivity index (χ2v) is 6.30. The summed E-state index contributed by atoms with van der Waals surface area (Å²) in [6, 6.07) is 7.25. The van der Waals surface area contributed by atoms with Crippen LogP contribution in [-0.2, 0) is 16.0 Å². The van der Waals surface area contributed by atoms with Crippen LogP contribution in [0, 0.1) is 5.92 Å². The summed E-state index contributed by atoms with van der Waals surface area (Å²) in [6.45, 7) is 0.574. The van der Waals surface area contributed by atoms with Gasteiger partial charge in [-0.15, -0.1) is 0 Å². The standard InChI is InChI=1S/C18H23N3O3/c1-24-15(12-9-10-12)11-19-17(22)8-4-7-16-20-14-6-3-2-5-13(14)18(23)21-16/h2-3,5-6,12,15H,4,7-11H2,1H3,(H,19,22)(H,20,21,23)/t15-/m1/s1. The first-order valence-corrected chi connectivity index (χ1v) is 8.45. The summed E-state index contributed by atoms with van der Waals surface area (Å²) in [5.41, 5.74) is 0.556. The van der Waals surface area contributed by atoms with E-state index in [1.54, 1.807) is 13.2 Å². The topological polar surface area (TPSA) is 84.1 Å². The van der Waals surface area contributed by atoms with Gasteiger partial charge in [0.15, 0.2) is 0 Å². The number of H-pyrrole nitrogens is 1. The molecule has 1 saturated carbocycles. The van der Waals surface area contributed by atoms with Gasteiger partial charge in [-0.25, -0.2) is 4.98 Å².